The van der Waals surface area contributed by atoms with Gasteiger partial charge in [0.25, 0.3) is 0 Å². The molecule has 0 saturated heterocycles. The van der Waals surface area contributed by atoms with Crippen LogP contribution >= 0.6 is 0 Å². The number of hydrogen-bond acceptors (Lipinski definition) is 6. The molecule has 13 nitrogen and oxygen atoms in total. The van der Waals surface area contributed by atoms with Crippen molar-refractivity contribution >= 4 is 35.6 Å². The minimum atomic E-state index is -1.38. The van der Waals surface area contributed by atoms with Crippen LogP contribution in [0.3, 0.4) is 0 Å². The van der Waals surface area contributed by atoms with Crippen molar-refractivity contribution in [3.63, 3.8) is 0 Å². The smallest absolute Gasteiger partial charge is 0.305 e. The third-order valence-electron chi connectivity index (χ3n) is 6.23. The maximum absolute atomic E-state index is 13.3. The second-order valence-electron chi connectivity index (χ2n) is 9.91. The van der Waals surface area contributed by atoms with Crippen LogP contribution in [0.1, 0.15) is 38.7 Å². The molecule has 0 spiro atoms. The molecular formula is C27H39N7O6. The summed E-state index contributed by atoms with van der Waals surface area (Å²) in [4.78, 5) is 67.3. The Labute approximate surface area is 233 Å². The van der Waals surface area contributed by atoms with Gasteiger partial charge in [0.2, 0.25) is 23.6 Å². The highest BCUT2D eigenvalue weighted by atomic mass is 16.4. The molecule has 9 N–H and O–H groups in total. The number of amides is 4. The number of nitrogens with one attached hydrogen (secondary N) is 4. The van der Waals surface area contributed by atoms with E-state index in [9.17, 15) is 29.1 Å². The van der Waals surface area contributed by atoms with Gasteiger partial charge in [0.1, 0.15) is 12.1 Å². The van der Waals surface area contributed by atoms with Crippen molar-refractivity contribution in [2.75, 3.05) is 13.1 Å². The van der Waals surface area contributed by atoms with Gasteiger partial charge in [-0.2, -0.15) is 0 Å². The number of carbonyl (C=O) groups is 5. The molecule has 1 aliphatic rings. The summed E-state index contributed by atoms with van der Waals surface area (Å²) in [6.45, 7) is 3.42. The molecular weight excluding hydrogens is 518 g/mol. The van der Waals surface area contributed by atoms with Crippen molar-refractivity contribution in [3.05, 3.63) is 48.0 Å². The highest BCUT2D eigenvalue weighted by molar-refractivity contribution is 5.94. The molecule has 1 aromatic carbocycles. The molecule has 1 aromatic rings. The average molecular weight is 558 g/mol. The van der Waals surface area contributed by atoms with Crippen LogP contribution in [0, 0.1) is 11.8 Å². The predicted octanol–water partition coefficient (Wildman–Crippen LogP) is -0.830. The first-order chi connectivity index (χ1) is 19.0. The number of carboxylic acids is 1. The van der Waals surface area contributed by atoms with E-state index in [4.69, 9.17) is 11.5 Å². The lowest BCUT2D eigenvalue weighted by Gasteiger charge is -2.23. The molecule has 0 aromatic heterocycles. The van der Waals surface area contributed by atoms with Gasteiger partial charge < -0.3 is 37.8 Å². The molecule has 13 heteroatoms. The zero-order chi connectivity index (χ0) is 29.7. The fourth-order valence-electron chi connectivity index (χ4n) is 4.14. The first-order valence-corrected chi connectivity index (χ1v) is 13.1. The van der Waals surface area contributed by atoms with E-state index in [-0.39, 0.29) is 24.8 Å². The van der Waals surface area contributed by atoms with Crippen LogP contribution in [0.25, 0.3) is 0 Å². The fraction of sp³-hybridized carbons (Fsp3) is 0.481. The summed E-state index contributed by atoms with van der Waals surface area (Å²) in [6, 6.07) is 6.34. The molecule has 4 amide bonds. The van der Waals surface area contributed by atoms with Crippen LogP contribution in [-0.2, 0) is 30.4 Å². The summed E-state index contributed by atoms with van der Waals surface area (Å²) in [5.74, 6) is -4.67. The third kappa shape index (κ3) is 11.1. The van der Waals surface area contributed by atoms with E-state index < -0.39 is 66.6 Å². The van der Waals surface area contributed by atoms with Crippen molar-refractivity contribution in [1.29, 1.82) is 0 Å². The van der Waals surface area contributed by atoms with E-state index in [2.05, 4.69) is 26.3 Å². The highest BCUT2D eigenvalue weighted by Gasteiger charge is 2.29. The Bertz CT molecular complexity index is 1100. The van der Waals surface area contributed by atoms with Gasteiger partial charge in [-0.3, -0.25) is 29.0 Å². The second kappa shape index (κ2) is 15.9. The summed E-state index contributed by atoms with van der Waals surface area (Å²) in [7, 11) is 0. The maximum Gasteiger partial charge on any atom is 0.305 e. The third-order valence-corrected chi connectivity index (χ3v) is 6.23. The number of carboxylic acid groups (broad SMARTS) is 1. The maximum atomic E-state index is 13.3. The van der Waals surface area contributed by atoms with Crippen LogP contribution in [0.4, 0.5) is 0 Å². The van der Waals surface area contributed by atoms with Gasteiger partial charge in [-0.25, -0.2) is 0 Å². The zero-order valence-corrected chi connectivity index (χ0v) is 22.8. The Balaban J connectivity index is 2.41. The molecule has 0 bridgehead atoms. The van der Waals surface area contributed by atoms with Gasteiger partial charge >= 0.3 is 5.97 Å². The topological polar surface area (TPSA) is 218 Å². The summed E-state index contributed by atoms with van der Waals surface area (Å²) < 4.78 is 0. The van der Waals surface area contributed by atoms with Crippen LogP contribution in [0.2, 0.25) is 0 Å². The molecule has 0 unspecified atom stereocenters. The lowest BCUT2D eigenvalue weighted by atomic mass is 9.92. The summed E-state index contributed by atoms with van der Waals surface area (Å²) in [5, 5.41) is 19.7. The van der Waals surface area contributed by atoms with E-state index in [1.165, 1.54) is 0 Å². The van der Waals surface area contributed by atoms with Crippen molar-refractivity contribution in [1.82, 2.24) is 21.3 Å². The molecule has 218 valence electrons. The standard InChI is InChI=1S/C27H39N7O6/c1-16(2)19-11-10-18(13-17-7-4-3-5-8-17)32-26(40)21(14-23(36)37)33-22(35)15-31-25(39)20(34-24(19)38)9-6-12-30-27(28)29/h3-5,7-8,10-11,16,18-21H,6,9,12-15H2,1-2H3,(H,31,39)(H,32,40)(H,33,35)(H,34,38)(H,36,37)(H4,28,29,30)/b11-10+/t18-,19-,20-,21-/m0/s1. The minimum Gasteiger partial charge on any atom is -0.481 e. The van der Waals surface area contributed by atoms with E-state index in [0.717, 1.165) is 5.56 Å². The van der Waals surface area contributed by atoms with Gasteiger partial charge in [0.15, 0.2) is 5.96 Å². The van der Waals surface area contributed by atoms with Gasteiger partial charge in [0, 0.05) is 6.54 Å². The van der Waals surface area contributed by atoms with Gasteiger partial charge in [-0.15, -0.1) is 0 Å². The average Bonchev–Trinajstić information content (AvgIpc) is 2.88. The van der Waals surface area contributed by atoms with Gasteiger partial charge in [-0.1, -0.05) is 56.3 Å². The predicted molar refractivity (Wildman–Crippen MR) is 149 cm³/mol. The molecule has 4 atom stereocenters. The van der Waals surface area contributed by atoms with Crippen molar-refractivity contribution in [2.45, 2.75) is 57.7 Å². The largest absolute Gasteiger partial charge is 0.481 e. The minimum absolute atomic E-state index is 0.0960. The van der Waals surface area contributed by atoms with E-state index in [1.54, 1.807) is 12.2 Å². The molecule has 0 fully saturated rings. The van der Waals surface area contributed by atoms with Gasteiger partial charge in [-0.05, 0) is 30.7 Å². The quantitative estimate of drug-likeness (QED) is 0.0877. The van der Waals surface area contributed by atoms with Crippen LogP contribution in [0.15, 0.2) is 47.5 Å². The number of aliphatic imine (C=N–C) groups is 1. The Hall–Kier alpha value is -4.42. The fourth-order valence-corrected chi connectivity index (χ4v) is 4.14. The molecule has 40 heavy (non-hydrogen) atoms. The highest BCUT2D eigenvalue weighted by Crippen LogP contribution is 2.16. The zero-order valence-electron chi connectivity index (χ0n) is 22.8. The van der Waals surface area contributed by atoms with Crippen molar-refractivity contribution < 1.29 is 29.1 Å². The van der Waals surface area contributed by atoms with E-state index in [1.807, 2.05) is 44.2 Å². The summed E-state index contributed by atoms with van der Waals surface area (Å²) in [6.07, 6.45) is 3.63. The Morgan fingerprint density at radius 3 is 2.30 bits per heavy atom. The summed E-state index contributed by atoms with van der Waals surface area (Å²) >= 11 is 0. The number of nitrogens with zero attached hydrogens (tertiary/aromatic N) is 1. The molecule has 0 saturated carbocycles. The van der Waals surface area contributed by atoms with Crippen molar-refractivity contribution in [3.8, 4) is 0 Å². The Morgan fingerprint density at radius 1 is 0.975 bits per heavy atom. The van der Waals surface area contributed by atoms with Crippen molar-refractivity contribution in [2.24, 2.45) is 28.3 Å². The number of aliphatic carboxylic acids is 1. The molecule has 1 aliphatic heterocycles. The number of benzene rings is 1. The number of guanidine groups is 1. The summed E-state index contributed by atoms with van der Waals surface area (Å²) in [5.41, 5.74) is 11.6. The molecule has 0 radical (unpaired) electrons. The lowest BCUT2D eigenvalue weighted by molar-refractivity contribution is -0.140. The Kier molecular flexibility index (Phi) is 12.6. The van der Waals surface area contributed by atoms with Gasteiger partial charge in [0.05, 0.1) is 24.9 Å². The molecule has 1 heterocycles. The van der Waals surface area contributed by atoms with Crippen LogP contribution < -0.4 is 32.7 Å². The molecule has 0 aliphatic carbocycles. The number of nitrogens with two attached hydrogens (primary N) is 2. The molecule has 2 rings (SSSR count). The van der Waals surface area contributed by atoms with Crippen LogP contribution in [-0.4, -0.2) is 71.9 Å². The second-order valence-corrected chi connectivity index (χ2v) is 9.91. The monoisotopic (exact) mass is 557 g/mol. The normalized spacial score (nSPS) is 23.5. The lowest BCUT2D eigenvalue weighted by Crippen LogP contribution is -2.53. The number of carbonyl (C=O) groups excluding carboxylic acids is 4. The van der Waals surface area contributed by atoms with E-state index >= 15 is 0 Å². The first kappa shape index (κ1) is 31.8. The first-order valence-electron chi connectivity index (χ1n) is 13.1. The Morgan fingerprint density at radius 2 is 1.68 bits per heavy atom. The number of hydrogen-bond donors (Lipinski definition) is 7. The van der Waals surface area contributed by atoms with Crippen LogP contribution in [0.5, 0.6) is 0 Å². The number of rotatable bonds is 9. The SMILES string of the molecule is CC(C)[C@@H]1/C=C/[C@@H](Cc2ccccc2)NC(=O)[C@H](CC(=O)O)NC(=O)CNC(=O)[C@H](CCCN=C(N)N)NC1=O. The van der Waals surface area contributed by atoms with E-state index in [0.29, 0.717) is 12.8 Å².